The topological polar surface area (TPSA) is 73.3 Å². The van der Waals surface area contributed by atoms with Crippen LogP contribution >= 0.6 is 11.6 Å². The maximum Gasteiger partial charge on any atom is 0.492 e. The molecule has 3 rings (SSSR count). The number of carbonyl (C=O) groups excluding carboxylic acids is 1. The standard InChI is InChI=1S/C15H17ClF3N3O4/c16-10-1-2-11-12(9-10)26-15(25-11,14(17,18)19)21-13(23)20-3-4-22-5-7-24-8-6-22/h1-2,9H,3-8H2,(H2,20,21,23)/p+1/t15-/m1/s1. The molecule has 0 bridgehead atoms. The van der Waals surface area contributed by atoms with Crippen LogP contribution in [0.25, 0.3) is 0 Å². The van der Waals surface area contributed by atoms with Gasteiger partial charge in [0, 0.05) is 11.1 Å². The lowest BCUT2D eigenvalue weighted by Crippen LogP contribution is -3.14. The first-order valence-corrected chi connectivity index (χ1v) is 8.38. The van der Waals surface area contributed by atoms with E-state index in [-0.39, 0.29) is 23.1 Å². The third-order valence-corrected chi connectivity index (χ3v) is 4.26. The summed E-state index contributed by atoms with van der Waals surface area (Å²) in [4.78, 5) is 13.2. The number of nitrogens with one attached hydrogen (secondary N) is 3. The van der Waals surface area contributed by atoms with E-state index >= 15 is 0 Å². The van der Waals surface area contributed by atoms with E-state index in [0.29, 0.717) is 19.8 Å². The number of halogens is 4. The molecule has 1 aromatic carbocycles. The molecule has 2 amide bonds. The first-order chi connectivity index (χ1) is 12.3. The van der Waals surface area contributed by atoms with Crippen molar-refractivity contribution in [2.75, 3.05) is 39.4 Å². The Balaban J connectivity index is 1.60. The van der Waals surface area contributed by atoms with Gasteiger partial charge in [0.2, 0.25) is 0 Å². The molecule has 0 saturated carbocycles. The molecule has 1 aromatic rings. The minimum Gasteiger partial charge on any atom is -0.424 e. The fraction of sp³-hybridized carbons (Fsp3) is 0.533. The molecule has 2 heterocycles. The lowest BCUT2D eigenvalue weighted by atomic mass is 10.3. The molecule has 2 aliphatic heterocycles. The highest BCUT2D eigenvalue weighted by Gasteiger charge is 2.65. The van der Waals surface area contributed by atoms with Gasteiger partial charge in [-0.05, 0) is 12.1 Å². The van der Waals surface area contributed by atoms with Crippen LogP contribution in [0.15, 0.2) is 18.2 Å². The van der Waals surface area contributed by atoms with Crippen LogP contribution in [0.5, 0.6) is 11.5 Å². The predicted molar refractivity (Wildman–Crippen MR) is 84.4 cm³/mol. The summed E-state index contributed by atoms with van der Waals surface area (Å²) in [5, 5.41) is 4.32. The molecule has 0 unspecified atom stereocenters. The Labute approximate surface area is 152 Å². The summed E-state index contributed by atoms with van der Waals surface area (Å²) >= 11 is 5.75. The minimum absolute atomic E-state index is 0.162. The normalized spacial score (nSPS) is 22.9. The van der Waals surface area contributed by atoms with E-state index in [2.05, 4.69) is 5.32 Å². The van der Waals surface area contributed by atoms with Gasteiger partial charge in [-0.25, -0.2) is 4.79 Å². The number of hydrogen-bond donors (Lipinski definition) is 3. The van der Waals surface area contributed by atoms with E-state index in [9.17, 15) is 18.0 Å². The summed E-state index contributed by atoms with van der Waals surface area (Å²) < 4.78 is 55.5. The molecule has 0 aliphatic carbocycles. The maximum atomic E-state index is 13.5. The van der Waals surface area contributed by atoms with Crippen molar-refractivity contribution in [3.63, 3.8) is 0 Å². The Bertz CT molecular complexity index is 670. The number of morpholine rings is 1. The Morgan fingerprint density at radius 1 is 1.23 bits per heavy atom. The average Bonchev–Trinajstić information content (AvgIpc) is 2.94. The second-order valence-electron chi connectivity index (χ2n) is 5.90. The number of amides is 2. The van der Waals surface area contributed by atoms with Gasteiger partial charge in [-0.15, -0.1) is 0 Å². The van der Waals surface area contributed by atoms with Gasteiger partial charge in [-0.1, -0.05) is 11.6 Å². The first-order valence-electron chi connectivity index (χ1n) is 8.01. The van der Waals surface area contributed by atoms with Crippen LogP contribution < -0.4 is 25.0 Å². The van der Waals surface area contributed by atoms with Crippen molar-refractivity contribution in [3.05, 3.63) is 23.2 Å². The molecular weight excluding hydrogens is 379 g/mol. The fourth-order valence-corrected chi connectivity index (χ4v) is 2.83. The smallest absolute Gasteiger partial charge is 0.424 e. The SMILES string of the molecule is O=C(NCC[NH+]1CCOCC1)N[C@]1(C(F)(F)F)Oc2ccc(Cl)cc2O1. The largest absolute Gasteiger partial charge is 0.492 e. The average molecular weight is 397 g/mol. The van der Waals surface area contributed by atoms with Crippen molar-refractivity contribution < 1.29 is 37.1 Å². The van der Waals surface area contributed by atoms with Gasteiger partial charge in [0.05, 0.1) is 26.3 Å². The van der Waals surface area contributed by atoms with Crippen molar-refractivity contribution in [3.8, 4) is 11.5 Å². The lowest BCUT2D eigenvalue weighted by Gasteiger charge is -2.30. The van der Waals surface area contributed by atoms with Gasteiger partial charge in [-0.3, -0.25) is 5.32 Å². The van der Waals surface area contributed by atoms with Crippen LogP contribution in [0.2, 0.25) is 5.02 Å². The van der Waals surface area contributed by atoms with E-state index in [4.69, 9.17) is 25.8 Å². The summed E-state index contributed by atoms with van der Waals surface area (Å²) in [6.45, 7) is 3.61. The molecule has 144 valence electrons. The predicted octanol–water partition coefficient (Wildman–Crippen LogP) is 0.542. The van der Waals surface area contributed by atoms with E-state index in [1.54, 1.807) is 5.32 Å². The number of carbonyl (C=O) groups is 1. The molecule has 7 nitrogen and oxygen atoms in total. The monoisotopic (exact) mass is 396 g/mol. The molecule has 1 fully saturated rings. The highest BCUT2D eigenvalue weighted by Crippen LogP contribution is 2.45. The van der Waals surface area contributed by atoms with Gasteiger partial charge in [0.15, 0.2) is 11.5 Å². The number of rotatable bonds is 4. The summed E-state index contributed by atoms with van der Waals surface area (Å²) in [6.07, 6.45) is -5.01. The van der Waals surface area contributed by atoms with Crippen LogP contribution in [0.4, 0.5) is 18.0 Å². The highest BCUT2D eigenvalue weighted by molar-refractivity contribution is 6.30. The molecule has 0 spiro atoms. The summed E-state index contributed by atoms with van der Waals surface area (Å²) in [5.41, 5.74) is 0. The third kappa shape index (κ3) is 4.08. The van der Waals surface area contributed by atoms with Gasteiger partial charge in [-0.2, -0.15) is 13.2 Å². The van der Waals surface area contributed by atoms with Crippen molar-refractivity contribution in [2.24, 2.45) is 0 Å². The molecular formula is C15H18ClF3N3O4+. The molecule has 3 N–H and O–H groups in total. The molecule has 2 aliphatic rings. The van der Waals surface area contributed by atoms with Crippen molar-refractivity contribution in [2.45, 2.75) is 12.1 Å². The Hall–Kier alpha value is -1.91. The third-order valence-electron chi connectivity index (χ3n) is 4.03. The highest BCUT2D eigenvalue weighted by atomic mass is 35.5. The van der Waals surface area contributed by atoms with Crippen LogP contribution in [-0.4, -0.2) is 57.5 Å². The molecule has 1 saturated heterocycles. The van der Waals surface area contributed by atoms with E-state index in [0.717, 1.165) is 13.1 Å². The number of urea groups is 1. The van der Waals surface area contributed by atoms with Gasteiger partial charge in [0.25, 0.3) is 0 Å². The lowest BCUT2D eigenvalue weighted by molar-refractivity contribution is -0.906. The number of hydrogen-bond acceptors (Lipinski definition) is 4. The Kier molecular flexibility index (Phi) is 5.35. The Morgan fingerprint density at radius 3 is 2.62 bits per heavy atom. The van der Waals surface area contributed by atoms with Gasteiger partial charge in [0.1, 0.15) is 13.1 Å². The summed E-state index contributed by atoms with van der Waals surface area (Å²) in [7, 11) is 0. The second-order valence-corrected chi connectivity index (χ2v) is 6.34. The molecule has 1 atom stereocenters. The quantitative estimate of drug-likeness (QED) is 0.694. The Morgan fingerprint density at radius 2 is 1.92 bits per heavy atom. The van der Waals surface area contributed by atoms with Crippen LogP contribution in [0.1, 0.15) is 0 Å². The van der Waals surface area contributed by atoms with Crippen LogP contribution in [-0.2, 0) is 4.74 Å². The molecule has 11 heteroatoms. The number of alkyl halides is 3. The zero-order valence-corrected chi connectivity index (χ0v) is 14.4. The molecule has 0 radical (unpaired) electrons. The van der Waals surface area contributed by atoms with E-state index in [1.165, 1.54) is 23.1 Å². The van der Waals surface area contributed by atoms with Crippen molar-refractivity contribution in [1.29, 1.82) is 0 Å². The van der Waals surface area contributed by atoms with Crippen molar-refractivity contribution in [1.82, 2.24) is 10.6 Å². The molecule has 0 aromatic heterocycles. The summed E-state index contributed by atoms with van der Waals surface area (Å²) in [5.74, 6) is -3.66. The number of ether oxygens (including phenoxy) is 3. The van der Waals surface area contributed by atoms with E-state index < -0.39 is 18.1 Å². The molecule has 26 heavy (non-hydrogen) atoms. The first kappa shape index (κ1) is 18.9. The summed E-state index contributed by atoms with van der Waals surface area (Å²) in [6, 6.07) is 2.74. The maximum absolute atomic E-state index is 13.5. The van der Waals surface area contributed by atoms with Gasteiger partial charge >= 0.3 is 18.1 Å². The van der Waals surface area contributed by atoms with Crippen molar-refractivity contribution >= 4 is 17.6 Å². The van der Waals surface area contributed by atoms with Crippen LogP contribution in [0, 0.1) is 0 Å². The zero-order chi connectivity index (χ0) is 18.8. The van der Waals surface area contributed by atoms with E-state index in [1.807, 2.05) is 0 Å². The zero-order valence-electron chi connectivity index (χ0n) is 13.6. The minimum atomic E-state index is -5.01. The van der Waals surface area contributed by atoms with Crippen LogP contribution in [0.3, 0.4) is 0 Å². The number of fused-ring (bicyclic) bond motifs is 1. The number of quaternary nitrogens is 1. The van der Waals surface area contributed by atoms with Gasteiger partial charge < -0.3 is 24.4 Å². The second kappa shape index (κ2) is 7.37. The number of benzene rings is 1. The fourth-order valence-electron chi connectivity index (χ4n) is 2.67.